The van der Waals surface area contributed by atoms with Gasteiger partial charge in [0.1, 0.15) is 22.3 Å². The molecule has 0 atom stereocenters. The minimum Gasteiger partial charge on any atom is -0.456 e. The topological polar surface area (TPSA) is 104 Å². The highest BCUT2D eigenvalue weighted by molar-refractivity contribution is 6.27. The first-order valence-electron chi connectivity index (χ1n) is 49.2. The largest absolute Gasteiger partial charge is 0.456 e. The lowest BCUT2D eigenvalue weighted by molar-refractivity contribution is 0.660. The van der Waals surface area contributed by atoms with E-state index < -0.39 is 5.41 Å². The SMILES string of the molecule is CC1(C)c2ccccc2-c2c(-c3nc(-c4ccccc4)nc(-c4ccc5c(c4)oc4ccc(-c6cccc(-c7ccc8c9ccccc9c9ccccc9c8c7)c6)cc45)n3)cccc21.c1ccc(-c2nc(-c3ccc4c(c3)C(c3ccccc3)(c3ccccc3)c3ccccc3-4)nc(-c3ccc4c(c3)oc3ccc(-c5cccc(-c6cccc(-c7ccc8c9ccccc9c9ccccc9c8c7)c6)c5)cc34)n2)cc1. The smallest absolute Gasteiger partial charge is 0.164 e. The fourth-order valence-electron chi connectivity index (χ4n) is 23.2. The average molecular weight is 1840 g/mol. The normalized spacial score (nSPS) is 12.8. The van der Waals surface area contributed by atoms with Crippen LogP contribution in [0.15, 0.2) is 494 Å². The van der Waals surface area contributed by atoms with Gasteiger partial charge in [-0.1, -0.05) is 414 Å². The first kappa shape index (κ1) is 83.4. The van der Waals surface area contributed by atoms with Crippen LogP contribution < -0.4 is 0 Å². The predicted molar refractivity (Wildman–Crippen MR) is 594 cm³/mol. The molecule has 0 unspecified atom stereocenters. The maximum absolute atomic E-state index is 6.67. The molecule has 144 heavy (non-hydrogen) atoms. The van der Waals surface area contributed by atoms with E-state index in [0.717, 1.165) is 105 Å². The van der Waals surface area contributed by atoms with Gasteiger partial charge in [-0.2, -0.15) is 0 Å². The van der Waals surface area contributed by atoms with E-state index in [4.69, 9.17) is 38.7 Å². The Morgan fingerprint density at radius 1 is 0.153 bits per heavy atom. The molecule has 0 saturated carbocycles. The number of hydrogen-bond donors (Lipinski definition) is 0. The van der Waals surface area contributed by atoms with Gasteiger partial charge in [0.25, 0.3) is 0 Å². The van der Waals surface area contributed by atoms with Gasteiger partial charge in [-0.15, -0.1) is 0 Å². The van der Waals surface area contributed by atoms with Crippen LogP contribution in [-0.4, -0.2) is 29.9 Å². The standard InChI is InChI=1S/C76H47N3O.C60H39N3O/c1-4-18-48(19-5-1)73-77-74(55-35-39-65-64-32-14-15-33-69(64)76(70(65)46-55,57-24-6-2-7-25-57)58-26-8-3-9-27-58)79-75(78-73)56-36-40-66-68-45-54(37-41-71(68)80-72(66)47-56)52-23-17-21-50(43-52)49-20-16-22-51(42-49)53-34-38-63-61-30-11-10-28-59(61)60-29-12-13-31-62(60)67(63)44-53;1-60(2)52-24-11-10-22-48(52)56-49(23-13-25-53(56)60)59-62-57(36-14-4-3-5-15-36)61-58(63-59)41-27-30-47-51-34-40(28-31-54(51)64-55(47)35-41)38-17-12-16-37(32-38)39-26-29-46-44-20-7-6-18-42(44)43-19-8-9-21-45(43)50(46)33-39/h1-47H;3-35H,1-2H3. The van der Waals surface area contributed by atoms with Crippen LogP contribution in [0.4, 0.5) is 0 Å². The Morgan fingerprint density at radius 3 is 0.861 bits per heavy atom. The lowest BCUT2D eigenvalue weighted by atomic mass is 9.67. The van der Waals surface area contributed by atoms with Crippen molar-refractivity contribution in [3.05, 3.63) is 519 Å². The monoisotopic (exact) mass is 1830 g/mol. The molecule has 0 N–H and O–H groups in total. The molecule has 0 amide bonds. The van der Waals surface area contributed by atoms with E-state index in [0.29, 0.717) is 34.9 Å². The van der Waals surface area contributed by atoms with Crippen molar-refractivity contribution < 1.29 is 8.83 Å². The number of rotatable bonds is 13. The molecule has 4 aromatic heterocycles. The van der Waals surface area contributed by atoms with Crippen LogP contribution in [0.3, 0.4) is 0 Å². The zero-order valence-electron chi connectivity index (χ0n) is 78.7. The van der Waals surface area contributed by atoms with Gasteiger partial charge < -0.3 is 8.83 Å². The molecule has 672 valence electrons. The summed E-state index contributed by atoms with van der Waals surface area (Å²) < 4.78 is 13.3. The molecule has 27 aromatic rings. The zero-order valence-corrected chi connectivity index (χ0v) is 78.7. The Bertz CT molecular complexity index is 9850. The number of benzene rings is 23. The molecule has 29 rings (SSSR count). The van der Waals surface area contributed by atoms with Crippen molar-refractivity contribution in [2.75, 3.05) is 0 Å². The fraction of sp³-hybridized carbons (Fsp3) is 0.0294. The van der Waals surface area contributed by atoms with Crippen LogP contribution in [-0.2, 0) is 10.8 Å². The third-order valence-corrected chi connectivity index (χ3v) is 30.1. The molecular weight excluding hydrogens is 1750 g/mol. The minimum absolute atomic E-state index is 0.141. The number of nitrogens with zero attached hydrogens (tertiary/aromatic N) is 6. The Kier molecular flexibility index (Phi) is 19.4. The van der Waals surface area contributed by atoms with E-state index >= 15 is 0 Å². The predicted octanol–water partition coefficient (Wildman–Crippen LogP) is 35.5. The first-order chi connectivity index (χ1) is 71.1. The number of hydrogen-bond acceptors (Lipinski definition) is 8. The van der Waals surface area contributed by atoms with Crippen LogP contribution in [0.1, 0.15) is 47.2 Å². The van der Waals surface area contributed by atoms with Crippen LogP contribution in [0.2, 0.25) is 0 Å². The van der Waals surface area contributed by atoms with Gasteiger partial charge in [-0.25, -0.2) is 29.9 Å². The summed E-state index contributed by atoms with van der Waals surface area (Å²) in [4.78, 5) is 31.2. The van der Waals surface area contributed by atoms with Gasteiger partial charge in [0.2, 0.25) is 0 Å². The highest BCUT2D eigenvalue weighted by atomic mass is 16.3. The molecule has 8 nitrogen and oxygen atoms in total. The van der Waals surface area contributed by atoms with Crippen LogP contribution in [0.5, 0.6) is 0 Å². The van der Waals surface area contributed by atoms with Gasteiger partial charge >= 0.3 is 0 Å². The van der Waals surface area contributed by atoms with Gasteiger partial charge in [-0.3, -0.25) is 0 Å². The van der Waals surface area contributed by atoms with Crippen LogP contribution in [0.25, 0.3) is 255 Å². The molecule has 8 heteroatoms. The second-order valence-corrected chi connectivity index (χ2v) is 38.5. The molecule has 23 aromatic carbocycles. The Morgan fingerprint density at radius 2 is 0.431 bits per heavy atom. The van der Waals surface area contributed by atoms with Crippen molar-refractivity contribution >= 4 is 109 Å². The zero-order chi connectivity index (χ0) is 95.2. The average Bonchev–Trinajstić information content (AvgIpc) is 1.53. The molecule has 0 saturated heterocycles. The minimum atomic E-state index is -0.560. The van der Waals surface area contributed by atoms with Crippen molar-refractivity contribution in [2.45, 2.75) is 24.7 Å². The molecule has 0 radical (unpaired) electrons. The molecule has 0 bridgehead atoms. The number of fused-ring (bicyclic) bond motifs is 24. The second kappa shape index (κ2) is 33.5. The second-order valence-electron chi connectivity index (χ2n) is 38.5. The summed E-state index contributed by atoms with van der Waals surface area (Å²) in [6, 6.07) is 174. The summed E-state index contributed by atoms with van der Waals surface area (Å²) in [6.07, 6.45) is 0. The summed E-state index contributed by atoms with van der Waals surface area (Å²) in [5.41, 5.74) is 31.9. The number of furan rings is 2. The van der Waals surface area contributed by atoms with Crippen molar-refractivity contribution in [2.24, 2.45) is 0 Å². The summed E-state index contributed by atoms with van der Waals surface area (Å²) in [6.45, 7) is 4.60. The van der Waals surface area contributed by atoms with Crippen molar-refractivity contribution in [3.8, 4) is 146 Å². The highest BCUT2D eigenvalue weighted by Crippen LogP contribution is 2.58. The van der Waals surface area contributed by atoms with E-state index in [1.165, 1.54) is 148 Å². The van der Waals surface area contributed by atoms with E-state index in [1.807, 2.05) is 36.4 Å². The summed E-state index contributed by atoms with van der Waals surface area (Å²) in [5.74, 6) is 3.65. The van der Waals surface area contributed by atoms with Crippen molar-refractivity contribution in [1.82, 2.24) is 29.9 Å². The van der Waals surface area contributed by atoms with Crippen LogP contribution >= 0.6 is 0 Å². The molecule has 2 aliphatic rings. The Labute approximate surface area is 831 Å². The molecule has 0 aliphatic heterocycles. The molecule has 0 spiro atoms. The summed E-state index contributed by atoms with van der Waals surface area (Å²) in [7, 11) is 0. The Hall–Kier alpha value is -18.8. The van der Waals surface area contributed by atoms with Gasteiger partial charge in [0.05, 0.1) is 5.41 Å². The quantitative estimate of drug-likeness (QED) is 0.105. The maximum Gasteiger partial charge on any atom is 0.164 e. The summed E-state index contributed by atoms with van der Waals surface area (Å²) in [5, 5.41) is 19.5. The van der Waals surface area contributed by atoms with Gasteiger partial charge in [0.15, 0.2) is 34.9 Å². The number of aromatic nitrogens is 6. The van der Waals surface area contributed by atoms with Gasteiger partial charge in [-0.05, 0) is 261 Å². The van der Waals surface area contributed by atoms with E-state index in [-0.39, 0.29) is 5.41 Å². The van der Waals surface area contributed by atoms with Crippen LogP contribution in [0, 0.1) is 0 Å². The third-order valence-electron chi connectivity index (χ3n) is 30.1. The molecule has 0 fully saturated rings. The van der Waals surface area contributed by atoms with E-state index in [9.17, 15) is 0 Å². The van der Waals surface area contributed by atoms with Gasteiger partial charge in [0, 0.05) is 60.3 Å². The maximum atomic E-state index is 6.67. The molecular formula is C136H86N6O2. The molecule has 2 aliphatic carbocycles. The third kappa shape index (κ3) is 13.7. The van der Waals surface area contributed by atoms with E-state index in [1.54, 1.807) is 0 Å². The van der Waals surface area contributed by atoms with E-state index in [2.05, 4.69) is 463 Å². The van der Waals surface area contributed by atoms with Crippen molar-refractivity contribution in [3.63, 3.8) is 0 Å². The Balaban J connectivity index is 0.000000144. The lowest BCUT2D eigenvalue weighted by Crippen LogP contribution is -2.28. The molecule has 4 heterocycles. The van der Waals surface area contributed by atoms with Crippen molar-refractivity contribution in [1.29, 1.82) is 0 Å². The first-order valence-corrected chi connectivity index (χ1v) is 49.2. The fourth-order valence-corrected chi connectivity index (χ4v) is 23.2. The highest BCUT2D eigenvalue weighted by Gasteiger charge is 2.47. The lowest BCUT2D eigenvalue weighted by Gasteiger charge is -2.34. The summed E-state index contributed by atoms with van der Waals surface area (Å²) >= 11 is 0.